The Morgan fingerprint density at radius 3 is 1.21 bits per heavy atom. The van der Waals surface area contributed by atoms with Gasteiger partial charge >= 0.3 is 0 Å². The first-order valence-corrected chi connectivity index (χ1v) is 16.3. The van der Waals surface area contributed by atoms with Gasteiger partial charge in [-0.25, -0.2) is 0 Å². The summed E-state index contributed by atoms with van der Waals surface area (Å²) < 4.78 is 0. The minimum Gasteiger partial charge on any atom is -0.311 e. The predicted molar refractivity (Wildman–Crippen MR) is 202 cm³/mol. The van der Waals surface area contributed by atoms with Gasteiger partial charge in [-0.15, -0.1) is 0 Å². The van der Waals surface area contributed by atoms with Crippen molar-refractivity contribution in [2.24, 2.45) is 0 Å². The molecule has 0 aromatic heterocycles. The van der Waals surface area contributed by atoms with E-state index in [4.69, 9.17) is 0 Å². The molecule has 0 radical (unpaired) electrons. The third-order valence-electron chi connectivity index (χ3n) is 9.30. The number of benzene rings is 8. The van der Waals surface area contributed by atoms with Crippen LogP contribution in [0.5, 0.6) is 0 Å². The zero-order valence-electron chi connectivity index (χ0n) is 26.7. The maximum Gasteiger partial charge on any atom is 0.0462 e. The lowest BCUT2D eigenvalue weighted by Gasteiger charge is -2.25. The van der Waals surface area contributed by atoms with Crippen LogP contribution in [0, 0.1) is 13.8 Å². The molecule has 1 nitrogen and oxygen atoms in total. The van der Waals surface area contributed by atoms with Crippen LogP contribution in [-0.2, 0) is 0 Å². The normalized spacial score (nSPS) is 11.2. The van der Waals surface area contributed by atoms with E-state index >= 15 is 0 Å². The summed E-state index contributed by atoms with van der Waals surface area (Å²) in [5, 5.41) is 5.13. The highest BCUT2D eigenvalue weighted by Crippen LogP contribution is 2.45. The van der Waals surface area contributed by atoms with Crippen LogP contribution in [0.1, 0.15) is 11.1 Å². The highest BCUT2D eigenvalue weighted by Gasteiger charge is 2.19. The third-order valence-corrected chi connectivity index (χ3v) is 9.30. The first-order valence-electron chi connectivity index (χ1n) is 16.3. The summed E-state index contributed by atoms with van der Waals surface area (Å²) in [5.74, 6) is 0. The minimum atomic E-state index is 1.13. The summed E-state index contributed by atoms with van der Waals surface area (Å²) in [7, 11) is 0. The summed E-state index contributed by atoms with van der Waals surface area (Å²) in [5.41, 5.74) is 13.6. The van der Waals surface area contributed by atoms with Gasteiger partial charge in [-0.05, 0) is 116 Å². The number of rotatable bonds is 6. The molecule has 224 valence electrons. The maximum atomic E-state index is 2.40. The Labute approximate surface area is 277 Å². The van der Waals surface area contributed by atoms with Crippen molar-refractivity contribution in [1.29, 1.82) is 0 Å². The van der Waals surface area contributed by atoms with Crippen LogP contribution in [0.25, 0.3) is 54.9 Å². The molecule has 0 heterocycles. The molecule has 0 aliphatic carbocycles. The Bertz CT molecular complexity index is 2240. The molecule has 0 saturated heterocycles. The second-order valence-corrected chi connectivity index (χ2v) is 12.2. The molecule has 0 bridgehead atoms. The average Bonchev–Trinajstić information content (AvgIpc) is 3.13. The van der Waals surface area contributed by atoms with Crippen molar-refractivity contribution in [2.75, 3.05) is 4.90 Å². The van der Waals surface area contributed by atoms with E-state index in [9.17, 15) is 0 Å². The largest absolute Gasteiger partial charge is 0.311 e. The van der Waals surface area contributed by atoms with Crippen LogP contribution in [0.4, 0.5) is 17.1 Å². The van der Waals surface area contributed by atoms with Crippen molar-refractivity contribution >= 4 is 38.6 Å². The third kappa shape index (κ3) is 5.16. The van der Waals surface area contributed by atoms with Crippen LogP contribution in [0.3, 0.4) is 0 Å². The molecular formula is C46H35N. The molecular weight excluding hydrogens is 567 g/mol. The number of nitrogens with zero attached hydrogens (tertiary/aromatic N) is 1. The van der Waals surface area contributed by atoms with Gasteiger partial charge in [0, 0.05) is 17.1 Å². The van der Waals surface area contributed by atoms with Gasteiger partial charge in [0.15, 0.2) is 0 Å². The smallest absolute Gasteiger partial charge is 0.0462 e. The van der Waals surface area contributed by atoms with E-state index in [2.05, 4.69) is 195 Å². The highest BCUT2D eigenvalue weighted by atomic mass is 15.1. The quantitative estimate of drug-likeness (QED) is 0.171. The van der Waals surface area contributed by atoms with E-state index in [0.717, 1.165) is 17.1 Å². The molecule has 0 fully saturated rings. The molecule has 0 aliphatic rings. The van der Waals surface area contributed by atoms with Crippen molar-refractivity contribution in [3.63, 3.8) is 0 Å². The Hall–Kier alpha value is -5.92. The van der Waals surface area contributed by atoms with E-state index in [1.165, 1.54) is 66.1 Å². The summed E-state index contributed by atoms with van der Waals surface area (Å²) >= 11 is 0. The van der Waals surface area contributed by atoms with Gasteiger partial charge in [-0.2, -0.15) is 0 Å². The van der Waals surface area contributed by atoms with Crippen molar-refractivity contribution in [3.05, 3.63) is 187 Å². The second kappa shape index (κ2) is 12.1. The van der Waals surface area contributed by atoms with Crippen LogP contribution in [-0.4, -0.2) is 0 Å². The van der Waals surface area contributed by atoms with Crippen LogP contribution in [0.15, 0.2) is 176 Å². The summed E-state index contributed by atoms with van der Waals surface area (Å²) in [6.07, 6.45) is 0. The molecule has 0 N–H and O–H groups in total. The predicted octanol–water partition coefficient (Wildman–Crippen LogP) is 13.1. The first kappa shape index (κ1) is 28.5. The molecule has 47 heavy (non-hydrogen) atoms. The lowest BCUT2D eigenvalue weighted by atomic mass is 9.83. The highest BCUT2D eigenvalue weighted by molar-refractivity contribution is 6.21. The van der Waals surface area contributed by atoms with Crippen molar-refractivity contribution < 1.29 is 0 Å². The van der Waals surface area contributed by atoms with E-state index in [1.807, 2.05) is 0 Å². The van der Waals surface area contributed by atoms with Crippen LogP contribution in [0.2, 0.25) is 0 Å². The summed E-state index contributed by atoms with van der Waals surface area (Å²) in [6, 6.07) is 63.5. The Morgan fingerprint density at radius 2 is 0.702 bits per heavy atom. The lowest BCUT2D eigenvalue weighted by molar-refractivity contribution is 1.28. The first-order chi connectivity index (χ1) is 23.2. The fourth-order valence-electron chi connectivity index (χ4n) is 7.12. The van der Waals surface area contributed by atoms with E-state index in [0.29, 0.717) is 0 Å². The zero-order valence-corrected chi connectivity index (χ0v) is 26.7. The number of hydrogen-bond donors (Lipinski definition) is 0. The van der Waals surface area contributed by atoms with Gasteiger partial charge in [0.25, 0.3) is 0 Å². The maximum absolute atomic E-state index is 2.40. The molecule has 0 amide bonds. The number of fused-ring (bicyclic) bond motifs is 2. The monoisotopic (exact) mass is 601 g/mol. The minimum absolute atomic E-state index is 1.13. The SMILES string of the molecule is Cc1cc(-c2c3ccccc3c(-c3ccccc3)c3ccccc23)c(C)cc1-c1ccc(N(c2ccccc2)c2ccccc2)cc1. The number of anilines is 3. The molecule has 0 saturated carbocycles. The van der Waals surface area contributed by atoms with Gasteiger partial charge in [-0.3, -0.25) is 0 Å². The summed E-state index contributed by atoms with van der Waals surface area (Å²) in [6.45, 7) is 4.50. The number of aryl methyl sites for hydroxylation is 2. The number of hydrogen-bond acceptors (Lipinski definition) is 1. The Balaban J connectivity index is 1.25. The molecule has 0 atom stereocenters. The molecule has 0 aliphatic heterocycles. The van der Waals surface area contributed by atoms with Gasteiger partial charge in [0.2, 0.25) is 0 Å². The molecule has 1 heteroatoms. The van der Waals surface area contributed by atoms with Gasteiger partial charge in [0.05, 0.1) is 0 Å². The fraction of sp³-hybridized carbons (Fsp3) is 0.0435. The lowest BCUT2D eigenvalue weighted by Crippen LogP contribution is -2.09. The van der Waals surface area contributed by atoms with Gasteiger partial charge < -0.3 is 4.90 Å². The molecule has 0 spiro atoms. The van der Waals surface area contributed by atoms with E-state index < -0.39 is 0 Å². The molecule has 8 aromatic carbocycles. The van der Waals surface area contributed by atoms with Crippen molar-refractivity contribution in [3.8, 4) is 33.4 Å². The van der Waals surface area contributed by atoms with Crippen molar-refractivity contribution in [1.82, 2.24) is 0 Å². The van der Waals surface area contributed by atoms with Crippen LogP contribution < -0.4 is 4.90 Å². The summed E-state index contributed by atoms with van der Waals surface area (Å²) in [4.78, 5) is 2.31. The Morgan fingerprint density at radius 1 is 0.319 bits per heavy atom. The van der Waals surface area contributed by atoms with E-state index in [1.54, 1.807) is 0 Å². The van der Waals surface area contributed by atoms with Gasteiger partial charge in [-0.1, -0.05) is 140 Å². The van der Waals surface area contributed by atoms with Crippen LogP contribution >= 0.6 is 0 Å². The molecule has 8 rings (SSSR count). The van der Waals surface area contributed by atoms with Gasteiger partial charge in [0.1, 0.15) is 0 Å². The molecule has 8 aromatic rings. The van der Waals surface area contributed by atoms with E-state index in [-0.39, 0.29) is 0 Å². The van der Waals surface area contributed by atoms with Crippen molar-refractivity contribution in [2.45, 2.75) is 13.8 Å². The molecule has 0 unspecified atom stereocenters. The second-order valence-electron chi connectivity index (χ2n) is 12.2. The number of para-hydroxylation sites is 2. The topological polar surface area (TPSA) is 3.24 Å². The zero-order chi connectivity index (χ0) is 31.7. The fourth-order valence-corrected chi connectivity index (χ4v) is 7.12. The standard InChI is InChI=1S/C46H35N/c1-32-31-44(46-41-24-14-12-22-39(41)45(35-16-6-3-7-17-35)40-23-13-15-25-42(40)46)33(2)30-43(32)34-26-28-38(29-27-34)47(36-18-8-4-9-19-36)37-20-10-5-11-21-37/h3-31H,1-2H3. The average molecular weight is 602 g/mol. The Kier molecular flexibility index (Phi) is 7.36.